The van der Waals surface area contributed by atoms with Gasteiger partial charge in [0.05, 0.1) is 0 Å². The Hall–Kier alpha value is -3.52. The predicted octanol–water partition coefficient (Wildman–Crippen LogP) is 17.2. The average molecular weight is 924 g/mol. The molecule has 307 valence electrons. The molecule has 0 saturated heterocycles. The normalized spacial score (nSPS) is 16.8. The number of aryl methyl sites for hydroxylation is 4. The van der Waals surface area contributed by atoms with E-state index in [1.807, 2.05) is 0 Å². The van der Waals surface area contributed by atoms with Crippen molar-refractivity contribution in [2.75, 3.05) is 0 Å². The maximum absolute atomic E-state index is 9.12. The van der Waals surface area contributed by atoms with Gasteiger partial charge in [0.2, 0.25) is 0 Å². The molecule has 8 rings (SSSR count). The van der Waals surface area contributed by atoms with Crippen molar-refractivity contribution < 1.29 is 15.6 Å². The first kappa shape index (κ1) is 43.1. The maximum atomic E-state index is 9.12. The van der Waals surface area contributed by atoms with Crippen LogP contribution in [-0.4, -0.2) is 5.92 Å². The summed E-state index contributed by atoms with van der Waals surface area (Å²) in [4.78, 5) is 0. The molecule has 0 saturated carbocycles. The molecule has 2 aliphatic rings. The number of allylic oxidation sites excluding steroid dienone is 2. The van der Waals surface area contributed by atoms with E-state index in [2.05, 4.69) is 202 Å². The number of fused-ring (bicyclic) bond motifs is 2. The molecule has 2 unspecified atom stereocenters. The quantitative estimate of drug-likeness (QED) is 0.114. The van der Waals surface area contributed by atoms with Gasteiger partial charge in [0.25, 0.3) is 0 Å². The Kier molecular flexibility index (Phi) is 12.0. The van der Waals surface area contributed by atoms with Crippen molar-refractivity contribution in [2.24, 2.45) is 11.8 Å². The Morgan fingerprint density at radius 1 is 0.483 bits per heavy atom. The number of benzene rings is 6. The predicted molar refractivity (Wildman–Crippen MR) is 265 cm³/mol. The molecule has 6 aromatic carbocycles. The van der Waals surface area contributed by atoms with Crippen LogP contribution in [-0.2, 0) is 15.6 Å². The molecule has 2 atom stereocenters. The third-order valence-corrected chi connectivity index (χ3v) is 65.1. The fourth-order valence-corrected chi connectivity index (χ4v) is 42.4. The van der Waals surface area contributed by atoms with Gasteiger partial charge in [0.15, 0.2) is 0 Å². The molecule has 0 radical (unpaired) electrons. The molecule has 0 nitrogen and oxygen atoms in total. The molecule has 0 aliphatic heterocycles. The van der Waals surface area contributed by atoms with Gasteiger partial charge in [-0.1, -0.05) is 0 Å². The first-order valence-corrected chi connectivity index (χ1v) is 38.5. The summed E-state index contributed by atoms with van der Waals surface area (Å²) < 4.78 is 0.0246. The Morgan fingerprint density at radius 2 is 0.833 bits per heavy atom. The van der Waals surface area contributed by atoms with Crippen molar-refractivity contribution in [2.45, 2.75) is 88.6 Å². The van der Waals surface area contributed by atoms with Gasteiger partial charge in [0.1, 0.15) is 0 Å². The van der Waals surface area contributed by atoms with Gasteiger partial charge in [-0.05, 0) is 0 Å². The molecular formula is C56H61Cl2SiZr. The van der Waals surface area contributed by atoms with E-state index < -0.39 is 21.5 Å². The average Bonchev–Trinajstić information content (AvgIpc) is 3.75. The Balaban J connectivity index is 1.44. The van der Waals surface area contributed by atoms with Gasteiger partial charge in [-0.3, -0.25) is 0 Å². The van der Waals surface area contributed by atoms with E-state index in [1.165, 1.54) is 100 Å². The van der Waals surface area contributed by atoms with E-state index in [9.17, 15) is 0 Å². The van der Waals surface area contributed by atoms with Crippen molar-refractivity contribution in [3.8, 4) is 44.5 Å². The molecule has 2 aliphatic carbocycles. The van der Waals surface area contributed by atoms with Crippen LogP contribution in [0.25, 0.3) is 56.7 Å². The van der Waals surface area contributed by atoms with Gasteiger partial charge < -0.3 is 0 Å². The van der Waals surface area contributed by atoms with Gasteiger partial charge in [-0.15, -0.1) is 0 Å². The summed E-state index contributed by atoms with van der Waals surface area (Å²) in [5, 5.41) is 0. The van der Waals surface area contributed by atoms with Crippen molar-refractivity contribution in [1.82, 2.24) is 0 Å². The Morgan fingerprint density at radius 3 is 1.15 bits per heavy atom. The van der Waals surface area contributed by atoms with Crippen molar-refractivity contribution in [3.63, 3.8) is 0 Å². The first-order chi connectivity index (χ1) is 28.5. The molecule has 0 aromatic heterocycles. The number of hydrogen-bond donors (Lipinski definition) is 0. The third-order valence-electron chi connectivity index (χ3n) is 13.3. The summed E-state index contributed by atoms with van der Waals surface area (Å²) in [6.45, 7) is 23.3. The van der Waals surface area contributed by atoms with Crippen molar-refractivity contribution >= 4 is 35.1 Å². The van der Waals surface area contributed by atoms with Crippen LogP contribution in [0, 0.1) is 39.5 Å². The van der Waals surface area contributed by atoms with Crippen LogP contribution in [0.2, 0.25) is 13.1 Å². The minimum absolute atomic E-state index is 0.0123. The summed E-state index contributed by atoms with van der Waals surface area (Å²) >= 11 is -5.15. The van der Waals surface area contributed by atoms with Crippen LogP contribution in [0.4, 0.5) is 0 Å². The molecule has 0 bridgehead atoms. The van der Waals surface area contributed by atoms with E-state index in [0.717, 1.165) is 12.8 Å². The van der Waals surface area contributed by atoms with E-state index in [4.69, 9.17) is 17.0 Å². The third kappa shape index (κ3) is 7.68. The molecular weight excluding hydrogens is 863 g/mol. The van der Waals surface area contributed by atoms with Crippen LogP contribution in [0.3, 0.4) is 0 Å². The number of rotatable bonds is 11. The fraction of sp³-hybridized carbons (Fsp3) is 0.286. The molecule has 0 amide bonds. The SMILES string of the molecule is Cc1cc(C)cc(-c2c(-c3ccccc3)ccc3c2C=C(CC(C)C)[CH]3[Zr]([Cl])([Cl])([CH]2C(CC(C)C)=Cc3c2ccc(-c2ccccc2)c3-c2cc(C)cc(C)c2)[SiH](C)C)c1. The molecule has 0 heterocycles. The standard InChI is InChI=1S/2C27H27.C2H7Si.2ClH.Zr/c2*1-18(2)12-21-16-23-10-11-25(22-8-6-5-7-9-22)27(26(23)17-21)24-14-19(3)13-20(4)15-24;1-3-2;;;/h2*5-11,13-18H,12H2,1-4H3;3H,1-2H3;2*1H;/q;;;;;+2/p-2. The van der Waals surface area contributed by atoms with Crippen LogP contribution in [0.5, 0.6) is 0 Å². The van der Waals surface area contributed by atoms with Gasteiger partial charge >= 0.3 is 373 Å². The van der Waals surface area contributed by atoms with E-state index in [1.54, 1.807) is 0 Å². The topological polar surface area (TPSA) is 0 Å². The second-order valence-corrected chi connectivity index (χ2v) is 61.9. The Labute approximate surface area is 369 Å². The van der Waals surface area contributed by atoms with Gasteiger partial charge in [0, 0.05) is 0 Å². The van der Waals surface area contributed by atoms with Gasteiger partial charge in [-0.25, -0.2) is 0 Å². The molecule has 0 fully saturated rings. The number of halogens is 2. The Bertz CT molecular complexity index is 2450. The van der Waals surface area contributed by atoms with Crippen LogP contribution >= 0.6 is 17.0 Å². The number of hydrogen-bond acceptors (Lipinski definition) is 0. The van der Waals surface area contributed by atoms with Crippen LogP contribution in [0.15, 0.2) is 132 Å². The zero-order valence-corrected chi connectivity index (χ0v) is 42.4. The second kappa shape index (κ2) is 16.6. The molecule has 0 N–H and O–H groups in total. The summed E-state index contributed by atoms with van der Waals surface area (Å²) in [7, 11) is 18.2. The summed E-state index contributed by atoms with van der Waals surface area (Å²) in [5.74, 6) is -0.889. The van der Waals surface area contributed by atoms with Crippen LogP contribution in [0.1, 0.15) is 92.3 Å². The molecule has 0 spiro atoms. The van der Waals surface area contributed by atoms with Crippen LogP contribution < -0.4 is 0 Å². The van der Waals surface area contributed by atoms with Crippen molar-refractivity contribution in [3.05, 3.63) is 177 Å². The minimum atomic E-state index is -5.15. The summed E-state index contributed by atoms with van der Waals surface area (Å²) in [6.07, 6.45) is 7.07. The fourth-order valence-electron chi connectivity index (χ4n) is 11.0. The zero-order valence-electron chi connectivity index (χ0n) is 37.3. The van der Waals surface area contributed by atoms with E-state index in [-0.39, 0.29) is 7.25 Å². The van der Waals surface area contributed by atoms with E-state index >= 15 is 0 Å². The molecule has 4 heteroatoms. The molecule has 6 aromatic rings. The summed E-state index contributed by atoms with van der Waals surface area (Å²) in [5.41, 5.74) is 23.5. The monoisotopic (exact) mass is 921 g/mol. The first-order valence-electron chi connectivity index (χ1n) is 22.1. The molecule has 60 heavy (non-hydrogen) atoms. The summed E-state index contributed by atoms with van der Waals surface area (Å²) in [6, 6.07) is 45.6. The van der Waals surface area contributed by atoms with Crippen molar-refractivity contribution in [1.29, 1.82) is 0 Å². The zero-order chi connectivity index (χ0) is 42.7. The second-order valence-electron chi connectivity index (χ2n) is 19.3. The van der Waals surface area contributed by atoms with Gasteiger partial charge in [-0.2, -0.15) is 0 Å². The van der Waals surface area contributed by atoms with E-state index in [0.29, 0.717) is 11.8 Å².